The molecule has 0 aliphatic rings. The Bertz CT molecular complexity index is 1010. The summed E-state index contributed by atoms with van der Waals surface area (Å²) in [6, 6.07) is 12.7. The van der Waals surface area contributed by atoms with Crippen molar-refractivity contribution in [3.8, 4) is 11.3 Å². The van der Waals surface area contributed by atoms with Crippen LogP contribution in [-0.2, 0) is 0 Å². The van der Waals surface area contributed by atoms with Crippen molar-refractivity contribution < 1.29 is 19.1 Å². The number of hydrogen-bond donors (Lipinski definition) is 2. The lowest BCUT2D eigenvalue weighted by atomic mass is 10.1. The van der Waals surface area contributed by atoms with Crippen LogP contribution in [0.4, 0.5) is 5.69 Å². The second kappa shape index (κ2) is 7.23. The van der Waals surface area contributed by atoms with Gasteiger partial charge in [0.05, 0.1) is 16.3 Å². The van der Waals surface area contributed by atoms with E-state index in [1.165, 1.54) is 24.3 Å². The van der Waals surface area contributed by atoms with E-state index in [1.807, 2.05) is 19.1 Å². The Morgan fingerprint density at radius 1 is 1.00 bits per heavy atom. The van der Waals surface area contributed by atoms with Gasteiger partial charge in [0.25, 0.3) is 5.91 Å². The Morgan fingerprint density at radius 3 is 2.46 bits per heavy atom. The largest absolute Gasteiger partial charge is 0.478 e. The van der Waals surface area contributed by atoms with E-state index in [9.17, 15) is 9.59 Å². The average molecular weight is 390 g/mol. The molecule has 1 amide bonds. The van der Waals surface area contributed by atoms with E-state index in [-0.39, 0.29) is 22.0 Å². The number of carboxylic acid groups (broad SMARTS) is 1. The lowest BCUT2D eigenvalue weighted by molar-refractivity contribution is 0.0696. The number of amides is 1. The molecule has 26 heavy (non-hydrogen) atoms. The number of aromatic carboxylic acids is 1. The molecule has 0 saturated carbocycles. The standard InChI is InChI=1S/C19H13Cl2NO4/c1-10-2-3-11(8-14(10)21)16-6-7-17(26-16)18(23)22-15-9-12(19(24)25)4-5-13(15)20/h2-9H,1H3,(H,22,23)(H,24,25). The fourth-order valence-corrected chi connectivity index (χ4v) is 2.64. The molecular weight excluding hydrogens is 377 g/mol. The highest BCUT2D eigenvalue weighted by Crippen LogP contribution is 2.28. The number of carbonyl (C=O) groups is 2. The fraction of sp³-hybridized carbons (Fsp3) is 0.0526. The maximum Gasteiger partial charge on any atom is 0.335 e. The molecule has 7 heteroatoms. The van der Waals surface area contributed by atoms with Gasteiger partial charge in [0.15, 0.2) is 5.76 Å². The summed E-state index contributed by atoms with van der Waals surface area (Å²) in [4.78, 5) is 23.4. The van der Waals surface area contributed by atoms with E-state index < -0.39 is 11.9 Å². The monoisotopic (exact) mass is 389 g/mol. The zero-order valence-electron chi connectivity index (χ0n) is 13.5. The van der Waals surface area contributed by atoms with Gasteiger partial charge in [0.1, 0.15) is 5.76 Å². The molecule has 5 nitrogen and oxygen atoms in total. The summed E-state index contributed by atoms with van der Waals surface area (Å²) in [6.07, 6.45) is 0. The van der Waals surface area contributed by atoms with Gasteiger partial charge in [-0.3, -0.25) is 4.79 Å². The topological polar surface area (TPSA) is 79.5 Å². The number of carboxylic acids is 1. The van der Waals surface area contributed by atoms with E-state index in [2.05, 4.69) is 5.32 Å². The van der Waals surface area contributed by atoms with Crippen molar-refractivity contribution in [2.24, 2.45) is 0 Å². The molecule has 0 atom stereocenters. The molecule has 0 fully saturated rings. The molecule has 0 aliphatic carbocycles. The van der Waals surface area contributed by atoms with Gasteiger partial charge in [-0.2, -0.15) is 0 Å². The van der Waals surface area contributed by atoms with Crippen molar-refractivity contribution in [3.63, 3.8) is 0 Å². The summed E-state index contributed by atoms with van der Waals surface area (Å²) in [6.45, 7) is 1.89. The summed E-state index contributed by atoms with van der Waals surface area (Å²) in [7, 11) is 0. The number of hydrogen-bond acceptors (Lipinski definition) is 3. The van der Waals surface area contributed by atoms with Crippen molar-refractivity contribution in [2.75, 3.05) is 5.32 Å². The van der Waals surface area contributed by atoms with Crippen molar-refractivity contribution >= 4 is 40.8 Å². The van der Waals surface area contributed by atoms with E-state index in [4.69, 9.17) is 32.7 Å². The number of rotatable bonds is 4. The molecule has 0 bridgehead atoms. The van der Waals surface area contributed by atoms with Crippen LogP contribution in [-0.4, -0.2) is 17.0 Å². The first-order chi connectivity index (χ1) is 12.3. The second-order valence-electron chi connectivity index (χ2n) is 5.58. The molecule has 132 valence electrons. The molecule has 2 aromatic carbocycles. The summed E-state index contributed by atoms with van der Waals surface area (Å²) < 4.78 is 5.59. The first kappa shape index (κ1) is 18.0. The zero-order chi connectivity index (χ0) is 18.8. The Morgan fingerprint density at radius 2 is 1.77 bits per heavy atom. The second-order valence-corrected chi connectivity index (χ2v) is 6.40. The van der Waals surface area contributed by atoms with Crippen LogP contribution < -0.4 is 5.32 Å². The van der Waals surface area contributed by atoms with Crippen molar-refractivity contribution in [1.82, 2.24) is 0 Å². The highest BCUT2D eigenvalue weighted by atomic mass is 35.5. The maximum atomic E-state index is 12.4. The maximum absolute atomic E-state index is 12.4. The molecule has 1 heterocycles. The van der Waals surface area contributed by atoms with Gasteiger partial charge >= 0.3 is 5.97 Å². The summed E-state index contributed by atoms with van der Waals surface area (Å²) in [5.74, 6) is -1.11. The third-order valence-corrected chi connectivity index (χ3v) is 4.48. The molecular formula is C19H13Cl2NO4. The number of aryl methyl sites for hydroxylation is 1. The van der Waals surface area contributed by atoms with Crippen LogP contribution in [0.25, 0.3) is 11.3 Å². The summed E-state index contributed by atoms with van der Waals surface area (Å²) in [5, 5.41) is 12.4. The Labute approximate surface area is 159 Å². The van der Waals surface area contributed by atoms with Gasteiger partial charge < -0.3 is 14.8 Å². The normalized spacial score (nSPS) is 10.6. The van der Waals surface area contributed by atoms with Crippen LogP contribution in [0.15, 0.2) is 52.9 Å². The molecule has 0 saturated heterocycles. The van der Waals surface area contributed by atoms with Crippen LogP contribution in [0.3, 0.4) is 0 Å². The highest BCUT2D eigenvalue weighted by Gasteiger charge is 2.15. The van der Waals surface area contributed by atoms with Crippen molar-refractivity contribution in [1.29, 1.82) is 0 Å². The lowest BCUT2D eigenvalue weighted by Crippen LogP contribution is -2.12. The molecule has 1 aromatic heterocycles. The molecule has 2 N–H and O–H groups in total. The van der Waals surface area contributed by atoms with E-state index in [0.717, 1.165) is 11.1 Å². The van der Waals surface area contributed by atoms with Crippen LogP contribution in [0.5, 0.6) is 0 Å². The Kier molecular flexibility index (Phi) is 5.02. The van der Waals surface area contributed by atoms with E-state index in [0.29, 0.717) is 10.8 Å². The third-order valence-electron chi connectivity index (χ3n) is 3.75. The van der Waals surface area contributed by atoms with Crippen LogP contribution in [0.1, 0.15) is 26.5 Å². The minimum Gasteiger partial charge on any atom is -0.478 e. The highest BCUT2D eigenvalue weighted by molar-refractivity contribution is 6.34. The number of furan rings is 1. The smallest absolute Gasteiger partial charge is 0.335 e. The quantitative estimate of drug-likeness (QED) is 0.616. The fourth-order valence-electron chi connectivity index (χ4n) is 2.30. The molecule has 0 aliphatic heterocycles. The van der Waals surface area contributed by atoms with Gasteiger partial charge in [-0.1, -0.05) is 35.3 Å². The van der Waals surface area contributed by atoms with Gasteiger partial charge in [-0.15, -0.1) is 0 Å². The first-order valence-corrected chi connectivity index (χ1v) is 8.31. The molecule has 0 radical (unpaired) electrons. The SMILES string of the molecule is Cc1ccc(-c2ccc(C(=O)Nc3cc(C(=O)O)ccc3Cl)o2)cc1Cl. The minimum absolute atomic E-state index is 0.0131. The average Bonchev–Trinajstić information content (AvgIpc) is 3.09. The number of anilines is 1. The molecule has 0 unspecified atom stereocenters. The predicted molar refractivity (Wildman–Crippen MR) is 100 cm³/mol. The number of benzene rings is 2. The first-order valence-electron chi connectivity index (χ1n) is 7.55. The van der Waals surface area contributed by atoms with Gasteiger partial charge in [0, 0.05) is 10.6 Å². The summed E-state index contributed by atoms with van der Waals surface area (Å²) in [5.41, 5.74) is 1.88. The number of nitrogens with one attached hydrogen (secondary N) is 1. The Hall–Kier alpha value is -2.76. The minimum atomic E-state index is -1.12. The molecule has 3 rings (SSSR count). The van der Waals surface area contributed by atoms with E-state index >= 15 is 0 Å². The van der Waals surface area contributed by atoms with Gasteiger partial charge in [0.2, 0.25) is 0 Å². The van der Waals surface area contributed by atoms with Crippen LogP contribution >= 0.6 is 23.2 Å². The van der Waals surface area contributed by atoms with Crippen molar-refractivity contribution in [3.05, 3.63) is 75.5 Å². The van der Waals surface area contributed by atoms with Gasteiger partial charge in [-0.05, 0) is 48.9 Å². The molecule has 0 spiro atoms. The van der Waals surface area contributed by atoms with Crippen LogP contribution in [0.2, 0.25) is 10.0 Å². The lowest BCUT2D eigenvalue weighted by Gasteiger charge is -2.07. The third kappa shape index (κ3) is 3.74. The van der Waals surface area contributed by atoms with Gasteiger partial charge in [-0.25, -0.2) is 4.79 Å². The summed E-state index contributed by atoms with van der Waals surface area (Å²) >= 11 is 12.1. The zero-order valence-corrected chi connectivity index (χ0v) is 15.1. The number of carbonyl (C=O) groups excluding carboxylic acids is 1. The van der Waals surface area contributed by atoms with Crippen molar-refractivity contribution in [2.45, 2.75) is 6.92 Å². The predicted octanol–water partition coefficient (Wildman–Crippen LogP) is 5.51. The molecule has 3 aromatic rings. The van der Waals surface area contributed by atoms with Crippen LogP contribution in [0, 0.1) is 6.92 Å². The van der Waals surface area contributed by atoms with E-state index in [1.54, 1.807) is 12.1 Å². The Balaban J connectivity index is 1.83. The number of halogens is 2.